The van der Waals surface area contributed by atoms with Crippen molar-refractivity contribution in [3.05, 3.63) is 54.6 Å². The lowest BCUT2D eigenvalue weighted by atomic mass is 9.94. The summed E-state index contributed by atoms with van der Waals surface area (Å²) in [5.74, 6) is 0.660. The maximum Gasteiger partial charge on any atom is 0.314 e. The molecule has 1 unspecified atom stereocenters. The number of unbranched alkanes of at least 4 members (excludes halogenated alkanes) is 16. The van der Waals surface area contributed by atoms with Crippen molar-refractivity contribution in [2.45, 2.75) is 142 Å². The molecule has 2 aromatic rings. The van der Waals surface area contributed by atoms with Crippen molar-refractivity contribution in [1.82, 2.24) is 0 Å². The van der Waals surface area contributed by atoms with E-state index in [2.05, 4.69) is 26.0 Å². The number of carbonyl (C=O) groups excluding carboxylic acids is 1. The maximum absolute atomic E-state index is 13.2. The van der Waals surface area contributed by atoms with Crippen LogP contribution in [0.15, 0.2) is 54.6 Å². The number of ether oxygens (including phenoxy) is 1. The van der Waals surface area contributed by atoms with Crippen LogP contribution in [-0.2, 0) is 4.79 Å². The summed E-state index contributed by atoms with van der Waals surface area (Å²) >= 11 is 0. The minimum atomic E-state index is -0.0312. The topological polar surface area (TPSA) is 26.3 Å². The fraction of sp³-hybridized carbons (Fsp3) is 0.639. The highest BCUT2D eigenvalue weighted by molar-refractivity contribution is 5.75. The van der Waals surface area contributed by atoms with Crippen LogP contribution in [0.25, 0.3) is 11.1 Å². The van der Waals surface area contributed by atoms with Gasteiger partial charge in [-0.15, -0.1) is 0 Å². The third-order valence-corrected chi connectivity index (χ3v) is 7.83. The Morgan fingerprint density at radius 3 is 1.37 bits per heavy atom. The summed E-state index contributed by atoms with van der Waals surface area (Å²) in [6, 6.07) is 18.3. The quantitative estimate of drug-likeness (QED) is 0.0827. The monoisotopic (exact) mass is 520 g/mol. The van der Waals surface area contributed by atoms with Crippen LogP contribution in [0.2, 0.25) is 0 Å². The first-order chi connectivity index (χ1) is 18.7. The van der Waals surface area contributed by atoms with Crippen molar-refractivity contribution in [3.8, 4) is 16.9 Å². The summed E-state index contributed by atoms with van der Waals surface area (Å²) in [4.78, 5) is 13.2. The van der Waals surface area contributed by atoms with E-state index < -0.39 is 0 Å². The lowest BCUT2D eigenvalue weighted by Crippen LogP contribution is -2.20. The molecule has 0 fully saturated rings. The number of carbonyl (C=O) groups is 1. The standard InChI is InChI=1S/C36H56O2/c1-3-5-7-9-11-13-14-16-18-21-27-34(26-20-17-15-12-10-8-6-4-2)36(37)38-35-30-28-33(29-31-35)32-24-22-19-23-25-32/h19,22-25,28-31,34H,3-18,20-21,26-27H2,1-2H3. The largest absolute Gasteiger partial charge is 0.426 e. The van der Waals surface area contributed by atoms with Crippen molar-refractivity contribution in [1.29, 1.82) is 0 Å². The van der Waals surface area contributed by atoms with Gasteiger partial charge in [0.1, 0.15) is 5.75 Å². The third kappa shape index (κ3) is 14.7. The number of benzene rings is 2. The highest BCUT2D eigenvalue weighted by atomic mass is 16.5. The highest BCUT2D eigenvalue weighted by Gasteiger charge is 2.20. The van der Waals surface area contributed by atoms with Gasteiger partial charge in [0.2, 0.25) is 0 Å². The van der Waals surface area contributed by atoms with Gasteiger partial charge in [-0.1, -0.05) is 172 Å². The van der Waals surface area contributed by atoms with E-state index in [1.807, 2.05) is 42.5 Å². The summed E-state index contributed by atoms with van der Waals surface area (Å²) in [6.07, 6.45) is 25.6. The second-order valence-electron chi connectivity index (χ2n) is 11.2. The Labute approximate surface area is 235 Å². The zero-order valence-corrected chi connectivity index (χ0v) is 24.7. The number of hydrogen-bond donors (Lipinski definition) is 0. The normalized spacial score (nSPS) is 11.9. The summed E-state index contributed by atoms with van der Waals surface area (Å²) < 4.78 is 5.89. The summed E-state index contributed by atoms with van der Waals surface area (Å²) in [7, 11) is 0. The molecule has 2 nitrogen and oxygen atoms in total. The van der Waals surface area contributed by atoms with E-state index in [4.69, 9.17) is 4.74 Å². The van der Waals surface area contributed by atoms with Crippen molar-refractivity contribution in [2.24, 2.45) is 5.92 Å². The van der Waals surface area contributed by atoms with Crippen LogP contribution in [0.3, 0.4) is 0 Å². The average molecular weight is 521 g/mol. The lowest BCUT2D eigenvalue weighted by molar-refractivity contribution is -0.139. The molecule has 0 saturated carbocycles. The Morgan fingerprint density at radius 2 is 0.921 bits per heavy atom. The molecule has 2 rings (SSSR count). The smallest absolute Gasteiger partial charge is 0.314 e. The minimum Gasteiger partial charge on any atom is -0.426 e. The fourth-order valence-corrected chi connectivity index (χ4v) is 5.33. The predicted octanol–water partition coefficient (Wildman–Crippen LogP) is 11.7. The zero-order chi connectivity index (χ0) is 27.1. The molecule has 0 aliphatic carbocycles. The molecular formula is C36H56O2. The molecule has 0 aromatic heterocycles. The van der Waals surface area contributed by atoms with Gasteiger partial charge in [0.05, 0.1) is 5.92 Å². The van der Waals surface area contributed by atoms with Gasteiger partial charge >= 0.3 is 5.97 Å². The van der Waals surface area contributed by atoms with E-state index in [-0.39, 0.29) is 11.9 Å². The second kappa shape index (κ2) is 21.8. The van der Waals surface area contributed by atoms with E-state index in [9.17, 15) is 4.79 Å². The van der Waals surface area contributed by atoms with Crippen LogP contribution >= 0.6 is 0 Å². The highest BCUT2D eigenvalue weighted by Crippen LogP contribution is 2.25. The Kier molecular flexibility index (Phi) is 18.4. The maximum atomic E-state index is 13.2. The van der Waals surface area contributed by atoms with Crippen LogP contribution in [0.5, 0.6) is 5.75 Å². The van der Waals surface area contributed by atoms with E-state index >= 15 is 0 Å². The molecule has 1 atom stereocenters. The molecule has 212 valence electrons. The minimum absolute atomic E-state index is 0.0259. The van der Waals surface area contributed by atoms with Gasteiger partial charge in [-0.25, -0.2) is 0 Å². The van der Waals surface area contributed by atoms with E-state index in [0.717, 1.165) is 31.2 Å². The fourth-order valence-electron chi connectivity index (χ4n) is 5.33. The van der Waals surface area contributed by atoms with Crippen LogP contribution < -0.4 is 4.74 Å². The number of hydrogen-bond acceptors (Lipinski definition) is 2. The van der Waals surface area contributed by atoms with Crippen molar-refractivity contribution < 1.29 is 9.53 Å². The molecule has 0 heterocycles. The first-order valence-electron chi connectivity index (χ1n) is 16.1. The van der Waals surface area contributed by atoms with E-state index in [0.29, 0.717) is 5.75 Å². The number of esters is 1. The summed E-state index contributed by atoms with van der Waals surface area (Å²) in [5.41, 5.74) is 2.32. The molecule has 0 amide bonds. The molecule has 0 aliphatic heterocycles. The van der Waals surface area contributed by atoms with Gasteiger partial charge in [-0.05, 0) is 36.1 Å². The molecule has 0 aliphatic rings. The van der Waals surface area contributed by atoms with Gasteiger partial charge in [-0.2, -0.15) is 0 Å². The van der Waals surface area contributed by atoms with Gasteiger partial charge in [0.15, 0.2) is 0 Å². The first kappa shape index (κ1) is 32.1. The Balaban J connectivity index is 1.76. The Morgan fingerprint density at radius 1 is 0.526 bits per heavy atom. The van der Waals surface area contributed by atoms with E-state index in [1.165, 1.54) is 108 Å². The summed E-state index contributed by atoms with van der Waals surface area (Å²) in [6.45, 7) is 4.55. The van der Waals surface area contributed by atoms with Gasteiger partial charge in [-0.3, -0.25) is 4.79 Å². The van der Waals surface area contributed by atoms with Gasteiger partial charge < -0.3 is 4.74 Å². The van der Waals surface area contributed by atoms with Crippen LogP contribution in [-0.4, -0.2) is 5.97 Å². The van der Waals surface area contributed by atoms with Crippen LogP contribution in [0.4, 0.5) is 0 Å². The predicted molar refractivity (Wildman–Crippen MR) is 165 cm³/mol. The molecule has 0 N–H and O–H groups in total. The Bertz CT molecular complexity index is 811. The first-order valence-corrected chi connectivity index (χ1v) is 16.1. The lowest BCUT2D eigenvalue weighted by Gasteiger charge is -2.16. The SMILES string of the molecule is CCCCCCCCCCCCC(CCCCCCCCCC)C(=O)Oc1ccc(-c2ccccc2)cc1. The van der Waals surface area contributed by atoms with Gasteiger partial charge in [0.25, 0.3) is 0 Å². The van der Waals surface area contributed by atoms with E-state index in [1.54, 1.807) is 0 Å². The number of rotatable bonds is 23. The van der Waals surface area contributed by atoms with Crippen molar-refractivity contribution >= 4 is 5.97 Å². The van der Waals surface area contributed by atoms with Gasteiger partial charge in [0, 0.05) is 0 Å². The Hall–Kier alpha value is -2.09. The molecule has 38 heavy (non-hydrogen) atoms. The van der Waals surface area contributed by atoms with Crippen molar-refractivity contribution in [3.63, 3.8) is 0 Å². The second-order valence-corrected chi connectivity index (χ2v) is 11.2. The molecule has 2 aromatic carbocycles. The molecule has 0 saturated heterocycles. The third-order valence-electron chi connectivity index (χ3n) is 7.83. The zero-order valence-electron chi connectivity index (χ0n) is 24.7. The summed E-state index contributed by atoms with van der Waals surface area (Å²) in [5, 5.41) is 0. The van der Waals surface area contributed by atoms with Crippen LogP contribution in [0.1, 0.15) is 142 Å². The molecule has 0 spiro atoms. The molecule has 0 bridgehead atoms. The molecular weight excluding hydrogens is 464 g/mol. The van der Waals surface area contributed by atoms with Crippen molar-refractivity contribution in [2.75, 3.05) is 0 Å². The average Bonchev–Trinajstić information content (AvgIpc) is 2.95. The molecule has 0 radical (unpaired) electrons. The molecule has 2 heteroatoms. The van der Waals surface area contributed by atoms with Crippen LogP contribution in [0, 0.1) is 5.92 Å².